The Kier molecular flexibility index (Phi) is 10.1. The maximum Gasteiger partial charge on any atom is 0.330 e. The molecule has 160 valence electrons. The standard InChI is InChI=1S/C25H32N2O2S/c1-4-5-6-7-8-18-26-25(30)27(2)23-11-9-10-22(19-23)21-15-12-20(13-16-21)14-17-24(28)29-3/h9-17,19H,4-8,18H2,1-3H3,(H,26,30)/b17-14+. The van der Waals surface area contributed by atoms with Gasteiger partial charge in [0, 0.05) is 25.4 Å². The van der Waals surface area contributed by atoms with Crippen LogP contribution < -0.4 is 10.2 Å². The third-order valence-electron chi connectivity index (χ3n) is 4.95. The van der Waals surface area contributed by atoms with Crippen molar-refractivity contribution in [2.24, 2.45) is 0 Å². The second-order valence-corrected chi connectivity index (χ2v) is 7.62. The van der Waals surface area contributed by atoms with E-state index in [1.54, 1.807) is 6.08 Å². The molecule has 2 aromatic carbocycles. The van der Waals surface area contributed by atoms with Crippen molar-refractivity contribution in [3.05, 3.63) is 60.2 Å². The van der Waals surface area contributed by atoms with Crippen LogP contribution >= 0.6 is 12.2 Å². The van der Waals surface area contributed by atoms with E-state index >= 15 is 0 Å². The van der Waals surface area contributed by atoms with E-state index in [-0.39, 0.29) is 5.97 Å². The zero-order valence-corrected chi connectivity index (χ0v) is 19.0. The molecule has 0 fully saturated rings. The molecule has 0 saturated carbocycles. The Morgan fingerprint density at radius 1 is 1.07 bits per heavy atom. The van der Waals surface area contributed by atoms with Gasteiger partial charge in [0.15, 0.2) is 5.11 Å². The van der Waals surface area contributed by atoms with E-state index in [1.165, 1.54) is 38.9 Å². The Hall–Kier alpha value is -2.66. The number of hydrogen-bond donors (Lipinski definition) is 1. The second kappa shape index (κ2) is 12.8. The number of nitrogens with zero attached hydrogens (tertiary/aromatic N) is 1. The van der Waals surface area contributed by atoms with E-state index in [4.69, 9.17) is 12.2 Å². The first-order valence-corrected chi connectivity index (χ1v) is 10.9. The molecule has 0 saturated heterocycles. The fourth-order valence-electron chi connectivity index (χ4n) is 3.07. The summed E-state index contributed by atoms with van der Waals surface area (Å²) in [6, 6.07) is 16.4. The third kappa shape index (κ3) is 7.64. The van der Waals surface area contributed by atoms with Crippen LogP contribution in [0.5, 0.6) is 0 Å². The molecule has 2 aromatic rings. The van der Waals surface area contributed by atoms with Crippen molar-refractivity contribution in [2.45, 2.75) is 39.0 Å². The van der Waals surface area contributed by atoms with Gasteiger partial charge in [-0.2, -0.15) is 0 Å². The largest absolute Gasteiger partial charge is 0.466 e. The first-order valence-electron chi connectivity index (χ1n) is 10.5. The predicted molar refractivity (Wildman–Crippen MR) is 131 cm³/mol. The summed E-state index contributed by atoms with van der Waals surface area (Å²) in [6.07, 6.45) is 9.41. The summed E-state index contributed by atoms with van der Waals surface area (Å²) in [6.45, 7) is 3.14. The van der Waals surface area contributed by atoms with Crippen molar-refractivity contribution in [2.75, 3.05) is 25.6 Å². The van der Waals surface area contributed by atoms with Crippen LogP contribution in [0.4, 0.5) is 5.69 Å². The van der Waals surface area contributed by atoms with Crippen LogP contribution in [0.25, 0.3) is 17.2 Å². The van der Waals surface area contributed by atoms with Crippen LogP contribution in [-0.4, -0.2) is 31.8 Å². The quantitative estimate of drug-likeness (QED) is 0.225. The van der Waals surface area contributed by atoms with E-state index in [2.05, 4.69) is 35.2 Å². The number of unbranched alkanes of at least 4 members (excludes halogenated alkanes) is 4. The molecule has 30 heavy (non-hydrogen) atoms. The van der Waals surface area contributed by atoms with E-state index in [0.717, 1.165) is 40.5 Å². The van der Waals surface area contributed by atoms with Crippen LogP contribution in [0.1, 0.15) is 44.6 Å². The Bertz CT molecular complexity index is 846. The van der Waals surface area contributed by atoms with Crippen molar-refractivity contribution < 1.29 is 9.53 Å². The van der Waals surface area contributed by atoms with Gasteiger partial charge in [0.05, 0.1) is 7.11 Å². The summed E-state index contributed by atoms with van der Waals surface area (Å²) >= 11 is 5.57. The fraction of sp³-hybridized carbons (Fsp3) is 0.360. The summed E-state index contributed by atoms with van der Waals surface area (Å²) in [5, 5.41) is 4.11. The van der Waals surface area contributed by atoms with E-state index in [1.807, 2.05) is 42.3 Å². The third-order valence-corrected chi connectivity index (χ3v) is 5.37. The number of benzene rings is 2. The zero-order chi connectivity index (χ0) is 21.8. The minimum absolute atomic E-state index is 0.361. The molecular formula is C25H32N2O2S. The smallest absolute Gasteiger partial charge is 0.330 e. The molecule has 0 radical (unpaired) electrons. The Balaban J connectivity index is 1.97. The molecule has 0 bridgehead atoms. The fourth-order valence-corrected chi connectivity index (χ4v) is 3.28. The monoisotopic (exact) mass is 424 g/mol. The lowest BCUT2D eigenvalue weighted by molar-refractivity contribution is -0.134. The number of methoxy groups -OCH3 is 1. The highest BCUT2D eigenvalue weighted by atomic mass is 32.1. The summed E-state index contributed by atoms with van der Waals surface area (Å²) in [4.78, 5) is 13.2. The molecule has 1 N–H and O–H groups in total. The molecule has 0 aromatic heterocycles. The van der Waals surface area contributed by atoms with Gasteiger partial charge in [-0.3, -0.25) is 0 Å². The van der Waals surface area contributed by atoms with Gasteiger partial charge in [0.2, 0.25) is 0 Å². The first-order chi connectivity index (χ1) is 14.5. The Morgan fingerprint density at radius 2 is 1.80 bits per heavy atom. The van der Waals surface area contributed by atoms with Crippen LogP contribution in [0.3, 0.4) is 0 Å². The normalized spacial score (nSPS) is 10.8. The minimum atomic E-state index is -0.361. The van der Waals surface area contributed by atoms with Gasteiger partial charge < -0.3 is 15.0 Å². The number of carbonyl (C=O) groups is 1. The van der Waals surface area contributed by atoms with Gasteiger partial charge in [0.1, 0.15) is 0 Å². The van der Waals surface area contributed by atoms with Crippen molar-refractivity contribution in [1.82, 2.24) is 5.32 Å². The summed E-state index contributed by atoms with van der Waals surface area (Å²) in [5.74, 6) is -0.361. The van der Waals surface area contributed by atoms with E-state index < -0.39 is 0 Å². The number of hydrogen-bond acceptors (Lipinski definition) is 3. The Morgan fingerprint density at radius 3 is 2.50 bits per heavy atom. The number of carbonyl (C=O) groups excluding carboxylic acids is 1. The molecule has 0 aliphatic carbocycles. The van der Waals surface area contributed by atoms with Gasteiger partial charge in [-0.15, -0.1) is 0 Å². The molecule has 0 aliphatic heterocycles. The second-order valence-electron chi connectivity index (χ2n) is 7.23. The van der Waals surface area contributed by atoms with Gasteiger partial charge in [0.25, 0.3) is 0 Å². The lowest BCUT2D eigenvalue weighted by atomic mass is 10.0. The average molecular weight is 425 g/mol. The summed E-state index contributed by atoms with van der Waals surface area (Å²) in [7, 11) is 3.36. The lowest BCUT2D eigenvalue weighted by Gasteiger charge is -2.22. The molecule has 0 spiro atoms. The van der Waals surface area contributed by atoms with Crippen LogP contribution in [0.2, 0.25) is 0 Å². The zero-order valence-electron chi connectivity index (χ0n) is 18.2. The van der Waals surface area contributed by atoms with Crippen LogP contribution in [-0.2, 0) is 9.53 Å². The lowest BCUT2D eigenvalue weighted by Crippen LogP contribution is -2.37. The van der Waals surface area contributed by atoms with Crippen molar-refractivity contribution in [1.29, 1.82) is 0 Å². The molecule has 2 rings (SSSR count). The first kappa shape index (κ1) is 23.6. The van der Waals surface area contributed by atoms with E-state index in [9.17, 15) is 4.79 Å². The molecule has 4 nitrogen and oxygen atoms in total. The van der Waals surface area contributed by atoms with Gasteiger partial charge in [-0.05, 0) is 53.5 Å². The highest BCUT2D eigenvalue weighted by Crippen LogP contribution is 2.25. The number of anilines is 1. The molecule has 0 heterocycles. The maximum absolute atomic E-state index is 11.2. The molecule has 0 unspecified atom stereocenters. The number of thiocarbonyl (C=S) groups is 1. The van der Waals surface area contributed by atoms with E-state index in [0.29, 0.717) is 0 Å². The number of esters is 1. The predicted octanol–water partition coefficient (Wildman–Crippen LogP) is 5.82. The topological polar surface area (TPSA) is 41.6 Å². The minimum Gasteiger partial charge on any atom is -0.466 e. The summed E-state index contributed by atoms with van der Waals surface area (Å²) in [5.41, 5.74) is 4.22. The number of nitrogens with one attached hydrogen (secondary N) is 1. The SMILES string of the molecule is CCCCCCCNC(=S)N(C)c1cccc(-c2ccc(/C=C/C(=O)OC)cc2)c1. The maximum atomic E-state index is 11.2. The molecule has 0 aliphatic rings. The highest BCUT2D eigenvalue weighted by molar-refractivity contribution is 7.80. The molecule has 5 heteroatoms. The molecule has 0 atom stereocenters. The van der Waals surface area contributed by atoms with Crippen LogP contribution in [0, 0.1) is 0 Å². The molecule has 0 amide bonds. The van der Waals surface area contributed by atoms with Crippen molar-refractivity contribution >= 4 is 35.1 Å². The molecular weight excluding hydrogens is 392 g/mol. The highest BCUT2D eigenvalue weighted by Gasteiger charge is 2.08. The van der Waals surface area contributed by atoms with Crippen molar-refractivity contribution in [3.8, 4) is 11.1 Å². The Labute approximate surface area is 185 Å². The van der Waals surface area contributed by atoms with Crippen LogP contribution in [0.15, 0.2) is 54.6 Å². The van der Waals surface area contributed by atoms with Gasteiger partial charge in [-0.25, -0.2) is 4.79 Å². The number of ether oxygens (including phenoxy) is 1. The van der Waals surface area contributed by atoms with Gasteiger partial charge >= 0.3 is 5.97 Å². The summed E-state index contributed by atoms with van der Waals surface area (Å²) < 4.78 is 4.62. The van der Waals surface area contributed by atoms with Gasteiger partial charge in [-0.1, -0.05) is 69.0 Å². The van der Waals surface area contributed by atoms with Crippen molar-refractivity contribution in [3.63, 3.8) is 0 Å². The number of rotatable bonds is 10. The average Bonchev–Trinajstić information content (AvgIpc) is 2.79.